The number of ketones is 2. The predicted molar refractivity (Wildman–Crippen MR) is 56.3 cm³/mol. The highest BCUT2D eigenvalue weighted by atomic mass is 16.1. The molecule has 15 heavy (non-hydrogen) atoms. The highest BCUT2D eigenvalue weighted by molar-refractivity contribution is 5.96. The van der Waals surface area contributed by atoms with Crippen LogP contribution in [0.3, 0.4) is 0 Å². The monoisotopic (exact) mass is 204 g/mol. The van der Waals surface area contributed by atoms with Crippen LogP contribution in [0.5, 0.6) is 0 Å². The first kappa shape index (κ1) is 9.32. The zero-order valence-electron chi connectivity index (χ0n) is 9.30. The fourth-order valence-electron chi connectivity index (χ4n) is 3.99. The molecule has 3 rings (SSSR count). The lowest BCUT2D eigenvalue weighted by atomic mass is 9.56. The predicted octanol–water partition coefficient (Wildman–Crippen LogP) is 2.28. The van der Waals surface area contributed by atoms with Gasteiger partial charge in [0.05, 0.1) is 5.41 Å². The Labute approximate surface area is 89.7 Å². The Morgan fingerprint density at radius 2 is 1.87 bits per heavy atom. The summed E-state index contributed by atoms with van der Waals surface area (Å²) in [4.78, 5) is 23.7. The Bertz CT molecular complexity index is 405. The maximum atomic E-state index is 12.1. The van der Waals surface area contributed by atoms with Crippen molar-refractivity contribution in [2.75, 3.05) is 0 Å². The molecule has 0 radical (unpaired) electrons. The summed E-state index contributed by atoms with van der Waals surface area (Å²) in [5.74, 6) is 0.665. The van der Waals surface area contributed by atoms with E-state index in [2.05, 4.69) is 26.0 Å². The molecule has 0 aromatic rings. The Hall–Kier alpha value is -0.920. The first-order chi connectivity index (χ1) is 6.94. The highest BCUT2D eigenvalue weighted by Crippen LogP contribution is 2.71. The SMILES string of the molecule is C[C@@]12CCC(=O)C[C@@]13C=C[C@]2(C)C(=O)C3. The molecule has 0 heterocycles. The van der Waals surface area contributed by atoms with Crippen molar-refractivity contribution in [2.24, 2.45) is 16.2 Å². The number of allylic oxidation sites excluding steroid dienone is 2. The quantitative estimate of drug-likeness (QED) is 0.567. The van der Waals surface area contributed by atoms with Gasteiger partial charge in [-0.15, -0.1) is 0 Å². The largest absolute Gasteiger partial charge is 0.300 e. The van der Waals surface area contributed by atoms with E-state index in [1.807, 2.05) is 0 Å². The summed E-state index contributed by atoms with van der Waals surface area (Å²) in [6.45, 7) is 4.25. The minimum atomic E-state index is -0.298. The average molecular weight is 204 g/mol. The molecular formula is C13H16O2. The molecule has 2 nitrogen and oxygen atoms in total. The summed E-state index contributed by atoms with van der Waals surface area (Å²) in [6, 6.07) is 0. The van der Waals surface area contributed by atoms with E-state index in [1.54, 1.807) is 0 Å². The zero-order chi connectivity index (χ0) is 10.9. The van der Waals surface area contributed by atoms with Crippen LogP contribution in [-0.4, -0.2) is 11.6 Å². The molecule has 0 N–H and O–H groups in total. The lowest BCUT2D eigenvalue weighted by molar-refractivity contribution is -0.129. The van der Waals surface area contributed by atoms with Gasteiger partial charge in [-0.2, -0.15) is 0 Å². The Balaban J connectivity index is 2.19. The van der Waals surface area contributed by atoms with Crippen LogP contribution in [0.1, 0.15) is 39.5 Å². The molecule has 80 valence electrons. The van der Waals surface area contributed by atoms with Gasteiger partial charge in [-0.25, -0.2) is 0 Å². The van der Waals surface area contributed by atoms with Crippen molar-refractivity contribution in [3.05, 3.63) is 12.2 Å². The molecule has 2 heteroatoms. The van der Waals surface area contributed by atoms with Crippen LogP contribution in [0.25, 0.3) is 0 Å². The van der Waals surface area contributed by atoms with E-state index < -0.39 is 0 Å². The normalized spacial score (nSPS) is 52.4. The van der Waals surface area contributed by atoms with Gasteiger partial charge in [0.1, 0.15) is 11.6 Å². The lowest BCUT2D eigenvalue weighted by Crippen LogP contribution is -2.43. The van der Waals surface area contributed by atoms with Crippen LogP contribution >= 0.6 is 0 Å². The van der Waals surface area contributed by atoms with Crippen LogP contribution in [0.4, 0.5) is 0 Å². The van der Waals surface area contributed by atoms with Crippen LogP contribution < -0.4 is 0 Å². The van der Waals surface area contributed by atoms with Gasteiger partial charge in [0.25, 0.3) is 0 Å². The standard InChI is InChI=1S/C13H16O2/c1-11-5-6-13(8-10(11)15)7-9(14)3-4-12(11,13)2/h5-6H,3-4,7-8H2,1-2H3/t11-,12+,13-/m1/s1. The molecule has 3 aliphatic rings. The Morgan fingerprint density at radius 1 is 1.13 bits per heavy atom. The van der Waals surface area contributed by atoms with E-state index in [0.717, 1.165) is 6.42 Å². The van der Waals surface area contributed by atoms with Crippen molar-refractivity contribution in [1.29, 1.82) is 0 Å². The Morgan fingerprint density at radius 3 is 2.53 bits per heavy atom. The van der Waals surface area contributed by atoms with Crippen LogP contribution in [0, 0.1) is 16.2 Å². The van der Waals surface area contributed by atoms with Gasteiger partial charge < -0.3 is 0 Å². The molecule has 0 unspecified atom stereocenters. The van der Waals surface area contributed by atoms with Crippen LogP contribution in [0.2, 0.25) is 0 Å². The minimum Gasteiger partial charge on any atom is -0.300 e. The third-order valence-electron chi connectivity index (χ3n) is 5.45. The molecule has 3 atom stereocenters. The number of hydrogen-bond acceptors (Lipinski definition) is 2. The smallest absolute Gasteiger partial charge is 0.143 e. The summed E-state index contributed by atoms with van der Waals surface area (Å²) in [5, 5.41) is 0. The molecule has 0 aromatic carbocycles. The third kappa shape index (κ3) is 0.756. The highest BCUT2D eigenvalue weighted by Gasteiger charge is 2.70. The van der Waals surface area contributed by atoms with Crippen molar-refractivity contribution < 1.29 is 9.59 Å². The van der Waals surface area contributed by atoms with Gasteiger partial charge in [-0.3, -0.25) is 9.59 Å². The fraction of sp³-hybridized carbons (Fsp3) is 0.692. The van der Waals surface area contributed by atoms with Crippen molar-refractivity contribution in [3.8, 4) is 0 Å². The number of carbonyl (C=O) groups is 2. The lowest BCUT2D eigenvalue weighted by Gasteiger charge is -2.46. The van der Waals surface area contributed by atoms with Gasteiger partial charge >= 0.3 is 0 Å². The number of Topliss-reactive ketones (excluding diaryl/α,β-unsaturated/α-hetero) is 2. The molecule has 0 aliphatic heterocycles. The van der Waals surface area contributed by atoms with E-state index in [1.165, 1.54) is 0 Å². The zero-order valence-corrected chi connectivity index (χ0v) is 9.30. The number of carbonyl (C=O) groups excluding carboxylic acids is 2. The van der Waals surface area contributed by atoms with Gasteiger partial charge in [-0.05, 0) is 18.8 Å². The summed E-state index contributed by atoms with van der Waals surface area (Å²) in [7, 11) is 0. The molecule has 3 aliphatic carbocycles. The topological polar surface area (TPSA) is 34.1 Å². The van der Waals surface area contributed by atoms with Gasteiger partial charge in [-0.1, -0.05) is 19.1 Å². The second kappa shape index (κ2) is 2.26. The first-order valence-corrected chi connectivity index (χ1v) is 5.69. The third-order valence-corrected chi connectivity index (χ3v) is 5.45. The Kier molecular flexibility index (Phi) is 1.40. The number of rotatable bonds is 0. The molecule has 0 amide bonds. The summed E-state index contributed by atoms with van der Waals surface area (Å²) >= 11 is 0. The van der Waals surface area contributed by atoms with Gasteiger partial charge in [0, 0.05) is 24.7 Å². The average Bonchev–Trinajstić information content (AvgIpc) is 2.48. The van der Waals surface area contributed by atoms with E-state index in [-0.39, 0.29) is 16.2 Å². The maximum Gasteiger partial charge on any atom is 0.143 e. The fourth-order valence-corrected chi connectivity index (χ4v) is 3.99. The van der Waals surface area contributed by atoms with Crippen LogP contribution in [-0.2, 0) is 9.59 Å². The van der Waals surface area contributed by atoms with E-state index in [9.17, 15) is 9.59 Å². The minimum absolute atomic E-state index is 0.00495. The summed E-state index contributed by atoms with van der Waals surface area (Å²) < 4.78 is 0. The van der Waals surface area contributed by atoms with Crippen molar-refractivity contribution in [3.63, 3.8) is 0 Å². The molecular weight excluding hydrogens is 188 g/mol. The molecule has 2 fully saturated rings. The first-order valence-electron chi connectivity index (χ1n) is 5.69. The van der Waals surface area contributed by atoms with Gasteiger partial charge in [0.15, 0.2) is 0 Å². The maximum absolute atomic E-state index is 12.1. The van der Waals surface area contributed by atoms with E-state index in [0.29, 0.717) is 30.8 Å². The number of hydrogen-bond donors (Lipinski definition) is 0. The van der Waals surface area contributed by atoms with Crippen molar-refractivity contribution in [2.45, 2.75) is 39.5 Å². The van der Waals surface area contributed by atoms with Crippen molar-refractivity contribution in [1.82, 2.24) is 0 Å². The second-order valence-electron chi connectivity index (χ2n) is 5.84. The van der Waals surface area contributed by atoms with Gasteiger partial charge in [0.2, 0.25) is 0 Å². The van der Waals surface area contributed by atoms with E-state index in [4.69, 9.17) is 0 Å². The molecule has 0 saturated heterocycles. The molecule has 0 spiro atoms. The second-order valence-corrected chi connectivity index (χ2v) is 5.84. The molecule has 0 aromatic heterocycles. The van der Waals surface area contributed by atoms with E-state index >= 15 is 0 Å². The molecule has 2 saturated carbocycles. The van der Waals surface area contributed by atoms with Crippen LogP contribution in [0.15, 0.2) is 12.2 Å². The summed E-state index contributed by atoms with van der Waals surface area (Å²) in [5.41, 5.74) is -0.424. The molecule has 2 bridgehead atoms. The summed E-state index contributed by atoms with van der Waals surface area (Å²) in [6.07, 6.45) is 6.93. The van der Waals surface area contributed by atoms with Crippen molar-refractivity contribution >= 4 is 11.6 Å².